The second-order valence-corrected chi connectivity index (χ2v) is 6.70. The number of fused-ring (bicyclic) bond motifs is 1. The van der Waals surface area contributed by atoms with E-state index in [1.165, 1.54) is 25.7 Å². The molecule has 1 aromatic rings. The van der Waals surface area contributed by atoms with Gasteiger partial charge in [0.2, 0.25) is 0 Å². The lowest BCUT2D eigenvalue weighted by Crippen LogP contribution is -2.31. The van der Waals surface area contributed by atoms with Crippen molar-refractivity contribution in [3.63, 3.8) is 0 Å². The number of nitriles is 1. The van der Waals surface area contributed by atoms with E-state index in [0.29, 0.717) is 16.6 Å². The van der Waals surface area contributed by atoms with Crippen LogP contribution in [-0.4, -0.2) is 17.0 Å². The molecule has 0 spiro atoms. The van der Waals surface area contributed by atoms with Crippen molar-refractivity contribution in [2.45, 2.75) is 31.7 Å². The molecule has 20 heavy (non-hydrogen) atoms. The number of nitrogens with one attached hydrogen (secondary N) is 1. The number of nitrogens with zero attached hydrogens (tertiary/aromatic N) is 2. The maximum atomic E-state index is 8.96. The molecule has 1 aliphatic heterocycles. The van der Waals surface area contributed by atoms with Crippen LogP contribution in [-0.2, 0) is 0 Å². The third-order valence-electron chi connectivity index (χ3n) is 3.92. The molecule has 1 saturated carbocycles. The second kappa shape index (κ2) is 6.07. The Morgan fingerprint density at radius 2 is 2.20 bits per heavy atom. The van der Waals surface area contributed by atoms with E-state index < -0.39 is 0 Å². The number of hydrogen-bond donors (Lipinski definition) is 1. The largest absolute Gasteiger partial charge is 0.334 e. The number of amidine groups is 1. The number of hydrogen-bond acceptors (Lipinski definition) is 4. The summed E-state index contributed by atoms with van der Waals surface area (Å²) in [5.74, 6) is 1.87. The van der Waals surface area contributed by atoms with Crippen LogP contribution in [0.5, 0.6) is 0 Å². The summed E-state index contributed by atoms with van der Waals surface area (Å²) in [7, 11) is 0. The van der Waals surface area contributed by atoms with Crippen LogP contribution >= 0.6 is 23.4 Å². The molecule has 1 N–H and O–H groups in total. The highest BCUT2D eigenvalue weighted by Gasteiger charge is 2.29. The van der Waals surface area contributed by atoms with Crippen molar-refractivity contribution in [3.05, 3.63) is 28.8 Å². The number of thioether (sulfide) groups is 1. The molecule has 2 unspecified atom stereocenters. The summed E-state index contributed by atoms with van der Waals surface area (Å²) in [5.41, 5.74) is 1.38. The van der Waals surface area contributed by atoms with Crippen molar-refractivity contribution in [1.82, 2.24) is 0 Å². The maximum Gasteiger partial charge on any atom is 0.161 e. The molecule has 2 atom stereocenters. The van der Waals surface area contributed by atoms with Gasteiger partial charge in [0.1, 0.15) is 0 Å². The molecule has 1 fully saturated rings. The summed E-state index contributed by atoms with van der Waals surface area (Å²) in [4.78, 5) is 4.82. The van der Waals surface area contributed by atoms with E-state index in [2.05, 4.69) is 11.4 Å². The van der Waals surface area contributed by atoms with E-state index in [4.69, 9.17) is 21.9 Å². The summed E-state index contributed by atoms with van der Waals surface area (Å²) in [6.45, 7) is 0. The highest BCUT2D eigenvalue weighted by Crippen LogP contribution is 2.35. The topological polar surface area (TPSA) is 48.2 Å². The van der Waals surface area contributed by atoms with E-state index in [1.54, 1.807) is 30.0 Å². The van der Waals surface area contributed by atoms with Crippen molar-refractivity contribution >= 4 is 34.2 Å². The first-order valence-electron chi connectivity index (χ1n) is 6.93. The summed E-state index contributed by atoms with van der Waals surface area (Å²) >= 11 is 7.94. The van der Waals surface area contributed by atoms with Gasteiger partial charge in [-0.15, -0.1) is 0 Å². The molecule has 0 radical (unpaired) electrons. The summed E-state index contributed by atoms with van der Waals surface area (Å²) in [6, 6.07) is 7.84. The van der Waals surface area contributed by atoms with Gasteiger partial charge in [-0.05, 0) is 37.0 Å². The number of rotatable bonds is 1. The predicted molar refractivity (Wildman–Crippen MR) is 85.4 cm³/mol. The lowest BCUT2D eigenvalue weighted by atomic mass is 9.86. The average molecular weight is 306 g/mol. The van der Waals surface area contributed by atoms with Gasteiger partial charge in [0.15, 0.2) is 5.17 Å². The zero-order valence-corrected chi connectivity index (χ0v) is 12.7. The molecule has 1 aliphatic carbocycles. The number of anilines is 1. The minimum absolute atomic E-state index is 0.463. The van der Waals surface area contributed by atoms with Crippen LogP contribution < -0.4 is 5.32 Å². The minimum atomic E-state index is 0.463. The minimum Gasteiger partial charge on any atom is -0.334 e. The van der Waals surface area contributed by atoms with Gasteiger partial charge in [0.05, 0.1) is 28.4 Å². The molecule has 0 bridgehead atoms. The lowest BCUT2D eigenvalue weighted by molar-refractivity contribution is 0.336. The van der Waals surface area contributed by atoms with Gasteiger partial charge >= 0.3 is 0 Å². The van der Waals surface area contributed by atoms with Gasteiger partial charge in [-0.2, -0.15) is 5.26 Å². The monoisotopic (exact) mass is 305 g/mol. The Hall–Kier alpha value is -1.18. The Balaban J connectivity index is 1.78. The molecule has 2 aliphatic rings. The Labute approximate surface area is 128 Å². The third-order valence-corrected chi connectivity index (χ3v) is 5.33. The quantitative estimate of drug-likeness (QED) is 0.842. The Morgan fingerprint density at radius 1 is 1.35 bits per heavy atom. The smallest absolute Gasteiger partial charge is 0.161 e. The van der Waals surface area contributed by atoms with Gasteiger partial charge in [-0.25, -0.2) is 0 Å². The number of benzene rings is 1. The molecule has 5 heteroatoms. The van der Waals surface area contributed by atoms with Crippen LogP contribution in [0, 0.1) is 17.2 Å². The zero-order chi connectivity index (χ0) is 13.9. The normalized spacial score (nSPS) is 25.3. The second-order valence-electron chi connectivity index (χ2n) is 5.29. The first kappa shape index (κ1) is 13.8. The van der Waals surface area contributed by atoms with Crippen molar-refractivity contribution in [1.29, 1.82) is 5.26 Å². The van der Waals surface area contributed by atoms with Crippen LogP contribution in [0.1, 0.15) is 31.2 Å². The zero-order valence-electron chi connectivity index (χ0n) is 11.1. The molecule has 0 saturated heterocycles. The molecular formula is C15H16ClN3S. The van der Waals surface area contributed by atoms with Crippen LogP contribution in [0.2, 0.25) is 5.02 Å². The predicted octanol–water partition coefficient (Wildman–Crippen LogP) is 4.29. The number of aliphatic imine (C=N–C) groups is 1. The summed E-state index contributed by atoms with van der Waals surface area (Å²) in [5, 5.41) is 13.8. The van der Waals surface area contributed by atoms with E-state index >= 15 is 0 Å². The molecule has 0 amide bonds. The first-order chi connectivity index (χ1) is 9.76. The molecular weight excluding hydrogens is 290 g/mol. The van der Waals surface area contributed by atoms with Crippen molar-refractivity contribution in [3.8, 4) is 6.07 Å². The number of halogens is 1. The van der Waals surface area contributed by atoms with Crippen molar-refractivity contribution in [2.75, 3.05) is 11.1 Å². The first-order valence-corrected chi connectivity index (χ1v) is 8.30. The van der Waals surface area contributed by atoms with Gasteiger partial charge < -0.3 is 5.32 Å². The van der Waals surface area contributed by atoms with Crippen molar-refractivity contribution in [2.24, 2.45) is 10.9 Å². The average Bonchev–Trinajstić information content (AvgIpc) is 2.49. The van der Waals surface area contributed by atoms with Crippen LogP contribution in [0.25, 0.3) is 0 Å². The molecule has 1 aromatic carbocycles. The Morgan fingerprint density at radius 3 is 3.05 bits per heavy atom. The van der Waals surface area contributed by atoms with Gasteiger partial charge in [-0.3, -0.25) is 4.99 Å². The standard InChI is InChI=1S/C15H16ClN3S/c16-12-6-5-10(8-17)7-14(12)19-15-18-13-4-2-1-3-11(13)9-20-15/h5-7,11,13H,1-4,9H2,(H,18,19). The van der Waals surface area contributed by atoms with Gasteiger partial charge in [0.25, 0.3) is 0 Å². The van der Waals surface area contributed by atoms with E-state index in [-0.39, 0.29) is 0 Å². The Kier molecular flexibility index (Phi) is 4.18. The van der Waals surface area contributed by atoms with Crippen molar-refractivity contribution < 1.29 is 0 Å². The van der Waals surface area contributed by atoms with E-state index in [1.807, 2.05) is 0 Å². The summed E-state index contributed by atoms with van der Waals surface area (Å²) < 4.78 is 0. The highest BCUT2D eigenvalue weighted by molar-refractivity contribution is 8.14. The van der Waals surface area contributed by atoms with E-state index in [0.717, 1.165) is 22.5 Å². The third kappa shape index (κ3) is 2.94. The molecule has 1 heterocycles. The highest BCUT2D eigenvalue weighted by atomic mass is 35.5. The fourth-order valence-corrected chi connectivity index (χ4v) is 4.12. The van der Waals surface area contributed by atoms with Gasteiger partial charge in [0, 0.05) is 5.75 Å². The molecule has 104 valence electrons. The molecule has 3 nitrogen and oxygen atoms in total. The van der Waals surface area contributed by atoms with Gasteiger partial charge in [-0.1, -0.05) is 36.2 Å². The lowest BCUT2D eigenvalue weighted by Gasteiger charge is -2.32. The van der Waals surface area contributed by atoms with E-state index in [9.17, 15) is 0 Å². The fourth-order valence-electron chi connectivity index (χ4n) is 2.80. The summed E-state index contributed by atoms with van der Waals surface area (Å²) in [6.07, 6.45) is 5.13. The fraction of sp³-hybridized carbons (Fsp3) is 0.467. The molecule has 3 rings (SSSR count). The maximum absolute atomic E-state index is 8.96. The Bertz CT molecular complexity index is 579. The van der Waals surface area contributed by atoms with Crippen LogP contribution in [0.3, 0.4) is 0 Å². The molecule has 0 aromatic heterocycles. The van der Waals surface area contributed by atoms with Crippen LogP contribution in [0.15, 0.2) is 23.2 Å². The SMILES string of the molecule is N#Cc1ccc(Cl)c(NC2=NC3CCCCC3CS2)c1. The van der Waals surface area contributed by atoms with Crippen LogP contribution in [0.4, 0.5) is 5.69 Å².